The molecule has 1 aromatic heterocycles. The van der Waals surface area contributed by atoms with E-state index in [9.17, 15) is 13.2 Å². The molecule has 0 fully saturated rings. The molecule has 1 heterocycles. The number of benzene rings is 2. The molecular weight excluding hydrogens is 380 g/mol. The first kappa shape index (κ1) is 19.4. The molecule has 0 bridgehead atoms. The van der Waals surface area contributed by atoms with Gasteiger partial charge in [-0.15, -0.1) is 0 Å². The van der Waals surface area contributed by atoms with Crippen LogP contribution in [0.25, 0.3) is 22.6 Å². The Morgan fingerprint density at radius 3 is 2.29 bits per heavy atom. The molecule has 0 saturated carbocycles. The van der Waals surface area contributed by atoms with Crippen molar-refractivity contribution in [2.45, 2.75) is 4.90 Å². The lowest BCUT2D eigenvalue weighted by Crippen LogP contribution is -2.20. The van der Waals surface area contributed by atoms with Gasteiger partial charge >= 0.3 is 5.91 Å². The summed E-state index contributed by atoms with van der Waals surface area (Å²) in [5.41, 5.74) is 1.84. The molecule has 3 rings (SSSR count). The first-order chi connectivity index (χ1) is 13.3. The Bertz CT molecular complexity index is 1170. The van der Waals surface area contributed by atoms with Crippen molar-refractivity contribution in [1.82, 2.24) is 10.0 Å². The van der Waals surface area contributed by atoms with E-state index in [-0.39, 0.29) is 10.8 Å². The predicted molar refractivity (Wildman–Crippen MR) is 102 cm³/mol. The van der Waals surface area contributed by atoms with E-state index in [2.05, 4.69) is 16.8 Å². The molecule has 0 aliphatic rings. The van der Waals surface area contributed by atoms with Crippen molar-refractivity contribution in [3.8, 4) is 34.4 Å². The lowest BCUT2D eigenvalue weighted by molar-refractivity contribution is -0.152. The van der Waals surface area contributed by atoms with Gasteiger partial charge in [0.1, 0.15) is 5.69 Å². The summed E-state index contributed by atoms with van der Waals surface area (Å²) >= 11 is 0. The summed E-state index contributed by atoms with van der Waals surface area (Å²) in [6.45, 7) is 0. The first-order valence-corrected chi connectivity index (χ1v) is 10.00. The fraction of sp³-hybridized carbons (Fsp3) is 0.100. The number of sulfone groups is 1. The molecule has 0 radical (unpaired) electrons. The first-order valence-electron chi connectivity index (χ1n) is 8.11. The highest BCUT2D eigenvalue weighted by Crippen LogP contribution is 2.32. The molecule has 0 unspecified atom stereocenters. The van der Waals surface area contributed by atoms with Crippen LogP contribution in [0.2, 0.25) is 0 Å². The number of hydrogen-bond donors (Lipinski definition) is 1. The summed E-state index contributed by atoms with van der Waals surface area (Å²) in [7, 11) is -2.15. The third-order valence-electron chi connectivity index (χ3n) is 3.79. The van der Waals surface area contributed by atoms with Gasteiger partial charge in [-0.3, -0.25) is 10.0 Å². The van der Waals surface area contributed by atoms with Crippen molar-refractivity contribution in [2.24, 2.45) is 0 Å². The number of hydrogen-bond acceptors (Lipinski definition) is 6. The Morgan fingerprint density at radius 1 is 1.07 bits per heavy atom. The molecule has 1 amide bonds. The Morgan fingerprint density at radius 2 is 1.71 bits per heavy atom. The normalized spacial score (nSPS) is 10.8. The van der Waals surface area contributed by atoms with Crippen molar-refractivity contribution in [2.75, 3.05) is 13.3 Å². The van der Waals surface area contributed by atoms with Crippen LogP contribution in [0.4, 0.5) is 0 Å². The number of carbonyl (C=O) groups is 1. The number of rotatable bonds is 3. The van der Waals surface area contributed by atoms with E-state index in [1.54, 1.807) is 12.1 Å². The zero-order chi connectivity index (χ0) is 20.3. The van der Waals surface area contributed by atoms with E-state index >= 15 is 0 Å². The van der Waals surface area contributed by atoms with Crippen molar-refractivity contribution in [3.63, 3.8) is 0 Å². The molecule has 3 aromatic rings. The zero-order valence-electron chi connectivity index (χ0n) is 15.1. The summed E-state index contributed by atoms with van der Waals surface area (Å²) in [4.78, 5) is 16.0. The zero-order valence-corrected chi connectivity index (χ0v) is 15.9. The second-order valence-electron chi connectivity index (χ2n) is 5.94. The largest absolute Gasteiger partial charge is 0.429 e. The summed E-state index contributed by atoms with van der Waals surface area (Å²) in [5.74, 6) is 4.33. The Hall–Kier alpha value is -3.41. The van der Waals surface area contributed by atoms with Crippen molar-refractivity contribution in [3.05, 3.63) is 60.5 Å². The van der Waals surface area contributed by atoms with Crippen LogP contribution in [0.1, 0.15) is 5.89 Å². The smallest absolute Gasteiger partial charge is 0.322 e. The van der Waals surface area contributed by atoms with Crippen molar-refractivity contribution in [1.29, 1.82) is 0 Å². The topological polar surface area (TPSA) is 101 Å². The number of hydroxylamine groups is 2. The van der Waals surface area contributed by atoms with E-state index in [0.29, 0.717) is 22.1 Å². The maximum Gasteiger partial charge on any atom is 0.322 e. The van der Waals surface area contributed by atoms with Crippen LogP contribution in [0.15, 0.2) is 63.9 Å². The average molecular weight is 396 g/mol. The molecule has 28 heavy (non-hydrogen) atoms. The molecule has 142 valence electrons. The lowest BCUT2D eigenvalue weighted by atomic mass is 10.1. The van der Waals surface area contributed by atoms with Crippen LogP contribution in [-0.2, 0) is 14.6 Å². The van der Waals surface area contributed by atoms with Gasteiger partial charge in [-0.05, 0) is 12.1 Å². The van der Waals surface area contributed by atoms with Gasteiger partial charge in [0.2, 0.25) is 0 Å². The van der Waals surface area contributed by atoms with Gasteiger partial charge in [0, 0.05) is 36.3 Å². The number of oxazole rings is 1. The molecule has 0 spiro atoms. The molecule has 0 saturated heterocycles. The standard InChI is InChI=1S/C20H16N2O5S/c1-22(24)18(23)13-12-17-21-19(20(27-17)15-6-4-3-5-7-15)14-8-10-16(11-9-14)28(2,25)26/h3-11,24H,1-2H3. The summed E-state index contributed by atoms with van der Waals surface area (Å²) in [5, 5.41) is 9.45. The quantitative estimate of drug-likeness (QED) is 0.415. The third kappa shape index (κ3) is 4.28. The third-order valence-corrected chi connectivity index (χ3v) is 4.92. The highest BCUT2D eigenvalue weighted by Gasteiger charge is 2.17. The number of aromatic nitrogens is 1. The van der Waals surface area contributed by atoms with Crippen LogP contribution >= 0.6 is 0 Å². The molecule has 2 aromatic carbocycles. The van der Waals surface area contributed by atoms with Crippen molar-refractivity contribution < 1.29 is 22.8 Å². The number of carbonyl (C=O) groups excluding carboxylic acids is 1. The monoisotopic (exact) mass is 396 g/mol. The van der Waals surface area contributed by atoms with Gasteiger partial charge in [0.05, 0.1) is 4.90 Å². The molecule has 7 nitrogen and oxygen atoms in total. The lowest BCUT2D eigenvalue weighted by Gasteiger charge is -2.03. The van der Waals surface area contributed by atoms with Gasteiger partial charge in [-0.1, -0.05) is 42.5 Å². The second kappa shape index (κ2) is 7.68. The van der Waals surface area contributed by atoms with E-state index in [0.717, 1.165) is 18.9 Å². The van der Waals surface area contributed by atoms with Gasteiger partial charge in [-0.25, -0.2) is 18.5 Å². The highest BCUT2D eigenvalue weighted by molar-refractivity contribution is 7.90. The maximum absolute atomic E-state index is 11.7. The van der Waals surface area contributed by atoms with Gasteiger partial charge in [0.25, 0.3) is 5.89 Å². The fourth-order valence-corrected chi connectivity index (χ4v) is 3.03. The van der Waals surface area contributed by atoms with E-state index in [1.165, 1.54) is 12.1 Å². The van der Waals surface area contributed by atoms with Crippen molar-refractivity contribution >= 4 is 15.7 Å². The molecule has 0 aliphatic heterocycles. The van der Waals surface area contributed by atoms with E-state index in [4.69, 9.17) is 9.62 Å². The minimum Gasteiger partial charge on any atom is -0.429 e. The summed E-state index contributed by atoms with van der Waals surface area (Å²) in [6.07, 6.45) is 1.14. The minimum atomic E-state index is -3.32. The van der Waals surface area contributed by atoms with Crippen LogP contribution in [0.3, 0.4) is 0 Å². The fourth-order valence-electron chi connectivity index (χ4n) is 2.40. The van der Waals surface area contributed by atoms with Crippen LogP contribution in [0.5, 0.6) is 0 Å². The maximum atomic E-state index is 11.7. The van der Waals surface area contributed by atoms with Gasteiger partial charge in [-0.2, -0.15) is 0 Å². The van der Waals surface area contributed by atoms with E-state index < -0.39 is 15.7 Å². The highest BCUT2D eigenvalue weighted by atomic mass is 32.2. The van der Waals surface area contributed by atoms with Gasteiger partial charge < -0.3 is 4.42 Å². The Balaban J connectivity index is 2.10. The van der Waals surface area contributed by atoms with Crippen LogP contribution < -0.4 is 0 Å². The second-order valence-corrected chi connectivity index (χ2v) is 7.95. The average Bonchev–Trinajstić information content (AvgIpc) is 3.10. The molecule has 8 heteroatoms. The summed E-state index contributed by atoms with van der Waals surface area (Å²) in [6, 6.07) is 15.4. The molecule has 1 N–H and O–H groups in total. The van der Waals surface area contributed by atoms with Crippen LogP contribution in [0, 0.1) is 11.8 Å². The summed E-state index contributed by atoms with van der Waals surface area (Å²) < 4.78 is 29.1. The molecular formula is C20H16N2O5S. The SMILES string of the molecule is CN(O)C(=O)C#Cc1nc(-c2ccc(S(C)(=O)=O)cc2)c(-c2ccccc2)o1. The Labute approximate surface area is 162 Å². The molecule has 0 aliphatic carbocycles. The number of amides is 1. The predicted octanol–water partition coefficient (Wildman–Crippen LogP) is 2.61. The van der Waals surface area contributed by atoms with E-state index in [1.807, 2.05) is 30.3 Å². The minimum absolute atomic E-state index is 0.00348. The number of nitrogens with zero attached hydrogens (tertiary/aromatic N) is 2. The molecule has 0 atom stereocenters. The van der Waals surface area contributed by atoms with Crippen LogP contribution in [-0.4, -0.2) is 42.9 Å². The Kier molecular flexibility index (Phi) is 5.31. The van der Waals surface area contributed by atoms with Gasteiger partial charge in [0.15, 0.2) is 15.6 Å².